The fraction of sp³-hybridized carbons (Fsp3) is 0.500. The van der Waals surface area contributed by atoms with Crippen molar-refractivity contribution in [3.05, 3.63) is 23.1 Å². The molecule has 5 nitrogen and oxygen atoms in total. The average molecular weight is 238 g/mol. The first kappa shape index (κ1) is 13.4. The van der Waals surface area contributed by atoms with Gasteiger partial charge in [0.1, 0.15) is 11.4 Å². The standard InChI is InChI=1S/C12H18N2O3/c1-17-10-5-6-11(14-16)12(9-10)13-7-3-2-4-8-15/h5-6,9,13,15H,2-4,7-8H2,1H3. The number of unbranched alkanes of at least 4 members (excludes halogenated alkanes) is 2. The number of aliphatic hydroxyl groups excluding tert-OH is 1. The summed E-state index contributed by atoms with van der Waals surface area (Å²) in [5.41, 5.74) is 1.07. The van der Waals surface area contributed by atoms with E-state index < -0.39 is 0 Å². The number of anilines is 1. The van der Waals surface area contributed by atoms with E-state index >= 15 is 0 Å². The summed E-state index contributed by atoms with van der Waals surface area (Å²) in [6.45, 7) is 0.968. The Bertz CT molecular complexity index is 356. The van der Waals surface area contributed by atoms with E-state index in [0.29, 0.717) is 17.1 Å². The maximum atomic E-state index is 10.6. The van der Waals surface area contributed by atoms with Gasteiger partial charge in [-0.1, -0.05) is 0 Å². The van der Waals surface area contributed by atoms with Crippen LogP contribution in [0.25, 0.3) is 0 Å². The Morgan fingerprint density at radius 1 is 1.35 bits per heavy atom. The molecule has 0 aliphatic carbocycles. The van der Waals surface area contributed by atoms with Gasteiger partial charge in [0.05, 0.1) is 12.8 Å². The first-order chi connectivity index (χ1) is 8.31. The molecule has 0 saturated heterocycles. The summed E-state index contributed by atoms with van der Waals surface area (Å²) >= 11 is 0. The molecule has 0 bridgehead atoms. The Balaban J connectivity index is 2.52. The third-order valence-corrected chi connectivity index (χ3v) is 2.45. The number of methoxy groups -OCH3 is 1. The molecule has 0 heterocycles. The van der Waals surface area contributed by atoms with Crippen molar-refractivity contribution >= 4 is 11.4 Å². The van der Waals surface area contributed by atoms with Gasteiger partial charge in [0.15, 0.2) is 0 Å². The molecular formula is C12H18N2O3. The first-order valence-corrected chi connectivity index (χ1v) is 5.68. The predicted octanol–water partition coefficient (Wildman–Crippen LogP) is 2.67. The molecule has 0 aliphatic heterocycles. The van der Waals surface area contributed by atoms with Gasteiger partial charge in [0.2, 0.25) is 0 Å². The molecule has 17 heavy (non-hydrogen) atoms. The smallest absolute Gasteiger partial charge is 0.131 e. The number of nitrogens with one attached hydrogen (secondary N) is 1. The lowest BCUT2D eigenvalue weighted by atomic mass is 10.2. The lowest BCUT2D eigenvalue weighted by Crippen LogP contribution is -2.02. The van der Waals surface area contributed by atoms with E-state index in [0.717, 1.165) is 25.8 Å². The number of nitrogens with zero attached hydrogens (tertiary/aromatic N) is 1. The van der Waals surface area contributed by atoms with Crippen molar-refractivity contribution in [3.63, 3.8) is 0 Å². The van der Waals surface area contributed by atoms with Crippen LogP contribution in [0.5, 0.6) is 5.75 Å². The highest BCUT2D eigenvalue weighted by Gasteiger charge is 2.04. The number of rotatable bonds is 8. The van der Waals surface area contributed by atoms with Gasteiger partial charge in [-0.05, 0) is 36.6 Å². The zero-order valence-corrected chi connectivity index (χ0v) is 9.98. The van der Waals surface area contributed by atoms with Gasteiger partial charge in [-0.15, -0.1) is 4.91 Å². The molecule has 1 rings (SSSR count). The molecular weight excluding hydrogens is 220 g/mol. The van der Waals surface area contributed by atoms with Crippen LogP contribution in [-0.4, -0.2) is 25.4 Å². The van der Waals surface area contributed by atoms with Crippen molar-refractivity contribution in [2.75, 3.05) is 25.6 Å². The second-order valence-corrected chi connectivity index (χ2v) is 3.69. The maximum Gasteiger partial charge on any atom is 0.131 e. The van der Waals surface area contributed by atoms with Crippen LogP contribution in [0.2, 0.25) is 0 Å². The highest BCUT2D eigenvalue weighted by molar-refractivity contribution is 5.67. The van der Waals surface area contributed by atoms with E-state index in [9.17, 15) is 4.91 Å². The van der Waals surface area contributed by atoms with E-state index in [4.69, 9.17) is 9.84 Å². The van der Waals surface area contributed by atoms with Crippen LogP contribution >= 0.6 is 0 Å². The van der Waals surface area contributed by atoms with Gasteiger partial charge < -0.3 is 15.2 Å². The van der Waals surface area contributed by atoms with Gasteiger partial charge in [0.25, 0.3) is 0 Å². The van der Waals surface area contributed by atoms with Crippen molar-refractivity contribution in [1.82, 2.24) is 0 Å². The molecule has 0 atom stereocenters. The van der Waals surface area contributed by atoms with Gasteiger partial charge in [-0.2, -0.15) is 0 Å². The van der Waals surface area contributed by atoms with Crippen LogP contribution in [0.1, 0.15) is 19.3 Å². The number of benzene rings is 1. The van der Waals surface area contributed by atoms with Crippen molar-refractivity contribution in [2.45, 2.75) is 19.3 Å². The second kappa shape index (κ2) is 7.62. The summed E-state index contributed by atoms with van der Waals surface area (Å²) in [5, 5.41) is 14.7. The normalized spacial score (nSPS) is 10.0. The summed E-state index contributed by atoms with van der Waals surface area (Å²) in [7, 11) is 1.58. The van der Waals surface area contributed by atoms with Crippen LogP contribution in [0.4, 0.5) is 11.4 Å². The number of ether oxygens (including phenoxy) is 1. The van der Waals surface area contributed by atoms with Crippen LogP contribution in [-0.2, 0) is 0 Å². The highest BCUT2D eigenvalue weighted by atomic mass is 16.5. The van der Waals surface area contributed by atoms with Crippen LogP contribution in [0, 0.1) is 4.91 Å². The number of hydrogen-bond donors (Lipinski definition) is 2. The summed E-state index contributed by atoms with van der Waals surface area (Å²) in [4.78, 5) is 10.6. The van der Waals surface area contributed by atoms with Gasteiger partial charge in [-0.25, -0.2) is 0 Å². The molecule has 0 aromatic heterocycles. The minimum atomic E-state index is 0.223. The molecule has 1 aromatic rings. The van der Waals surface area contributed by atoms with E-state index in [2.05, 4.69) is 10.5 Å². The van der Waals surface area contributed by atoms with Crippen molar-refractivity contribution in [2.24, 2.45) is 5.18 Å². The summed E-state index contributed by atoms with van der Waals surface area (Å²) < 4.78 is 5.08. The van der Waals surface area contributed by atoms with E-state index in [1.807, 2.05) is 0 Å². The number of aliphatic hydroxyl groups is 1. The topological polar surface area (TPSA) is 70.9 Å². The minimum absolute atomic E-state index is 0.223. The zero-order chi connectivity index (χ0) is 12.5. The summed E-state index contributed by atoms with van der Waals surface area (Å²) in [6.07, 6.45) is 2.70. The largest absolute Gasteiger partial charge is 0.497 e. The molecule has 1 aromatic carbocycles. The lowest BCUT2D eigenvalue weighted by Gasteiger charge is -2.09. The van der Waals surface area contributed by atoms with E-state index in [1.54, 1.807) is 25.3 Å². The third-order valence-electron chi connectivity index (χ3n) is 2.45. The third kappa shape index (κ3) is 4.40. The Morgan fingerprint density at radius 2 is 2.18 bits per heavy atom. The van der Waals surface area contributed by atoms with Crippen LogP contribution in [0.15, 0.2) is 23.4 Å². The van der Waals surface area contributed by atoms with Gasteiger partial charge in [0, 0.05) is 19.2 Å². The van der Waals surface area contributed by atoms with E-state index in [-0.39, 0.29) is 6.61 Å². The molecule has 0 saturated carbocycles. The number of nitroso groups, excluding NO2 is 1. The summed E-state index contributed by atoms with van der Waals surface area (Å²) in [6, 6.07) is 5.08. The highest BCUT2D eigenvalue weighted by Crippen LogP contribution is 2.29. The molecule has 0 aliphatic rings. The maximum absolute atomic E-state index is 10.6. The fourth-order valence-corrected chi connectivity index (χ4v) is 1.50. The molecule has 2 N–H and O–H groups in total. The molecule has 0 spiro atoms. The fourth-order valence-electron chi connectivity index (χ4n) is 1.50. The van der Waals surface area contributed by atoms with E-state index in [1.165, 1.54) is 0 Å². The van der Waals surface area contributed by atoms with Crippen LogP contribution in [0.3, 0.4) is 0 Å². The van der Waals surface area contributed by atoms with Crippen molar-refractivity contribution in [1.29, 1.82) is 0 Å². The zero-order valence-electron chi connectivity index (χ0n) is 9.98. The number of hydrogen-bond acceptors (Lipinski definition) is 5. The summed E-state index contributed by atoms with van der Waals surface area (Å²) in [5.74, 6) is 0.690. The molecule has 0 unspecified atom stereocenters. The molecule has 94 valence electrons. The predicted molar refractivity (Wildman–Crippen MR) is 67.9 cm³/mol. The molecule has 0 radical (unpaired) electrons. The quantitative estimate of drug-likeness (QED) is 0.539. The Hall–Kier alpha value is -1.62. The SMILES string of the molecule is COc1ccc(N=O)c(NCCCCCO)c1. The Morgan fingerprint density at radius 3 is 2.82 bits per heavy atom. The minimum Gasteiger partial charge on any atom is -0.497 e. The van der Waals surface area contributed by atoms with Crippen molar-refractivity contribution in [3.8, 4) is 5.75 Å². The van der Waals surface area contributed by atoms with Crippen molar-refractivity contribution < 1.29 is 9.84 Å². The molecule has 0 amide bonds. The Kier molecular flexibility index (Phi) is 6.03. The lowest BCUT2D eigenvalue weighted by molar-refractivity contribution is 0.283. The van der Waals surface area contributed by atoms with Crippen LogP contribution < -0.4 is 10.1 Å². The first-order valence-electron chi connectivity index (χ1n) is 5.68. The van der Waals surface area contributed by atoms with Gasteiger partial charge >= 0.3 is 0 Å². The Labute approximate surface area is 101 Å². The molecule has 5 heteroatoms. The van der Waals surface area contributed by atoms with Gasteiger partial charge in [-0.3, -0.25) is 0 Å². The monoisotopic (exact) mass is 238 g/mol. The molecule has 0 fully saturated rings. The second-order valence-electron chi connectivity index (χ2n) is 3.69. The average Bonchev–Trinajstić information content (AvgIpc) is 2.38.